The Hall–Kier alpha value is -1.29. The standard InChI is InChI=1S/C9H12N2O2/c10-8-5-11-3-1-9(8)13-7-2-4-12-6-7/h1,3,5,7H,2,4,6,10H2. The number of ether oxygens (including phenoxy) is 2. The van der Waals surface area contributed by atoms with Crippen LogP contribution in [0.2, 0.25) is 0 Å². The van der Waals surface area contributed by atoms with Gasteiger partial charge in [0.05, 0.1) is 25.1 Å². The van der Waals surface area contributed by atoms with Gasteiger partial charge in [-0.3, -0.25) is 4.98 Å². The largest absolute Gasteiger partial charge is 0.486 e. The molecule has 0 bridgehead atoms. The molecule has 1 saturated heterocycles. The highest BCUT2D eigenvalue weighted by atomic mass is 16.5. The Balaban J connectivity index is 2.04. The second-order valence-electron chi connectivity index (χ2n) is 3.02. The molecule has 0 radical (unpaired) electrons. The quantitative estimate of drug-likeness (QED) is 0.732. The summed E-state index contributed by atoms with van der Waals surface area (Å²) >= 11 is 0. The minimum absolute atomic E-state index is 0.143. The molecule has 4 heteroatoms. The molecule has 1 aromatic rings. The second kappa shape index (κ2) is 3.62. The van der Waals surface area contributed by atoms with Crippen molar-refractivity contribution < 1.29 is 9.47 Å². The van der Waals surface area contributed by atoms with E-state index in [2.05, 4.69) is 4.98 Å². The van der Waals surface area contributed by atoms with E-state index in [4.69, 9.17) is 15.2 Å². The fourth-order valence-electron chi connectivity index (χ4n) is 1.29. The third-order valence-electron chi connectivity index (χ3n) is 1.99. The van der Waals surface area contributed by atoms with Crippen LogP contribution in [0.25, 0.3) is 0 Å². The van der Waals surface area contributed by atoms with Crippen LogP contribution in [0.5, 0.6) is 5.75 Å². The third-order valence-corrected chi connectivity index (χ3v) is 1.99. The monoisotopic (exact) mass is 180 g/mol. The molecular formula is C9H12N2O2. The third kappa shape index (κ3) is 1.89. The summed E-state index contributed by atoms with van der Waals surface area (Å²) < 4.78 is 10.8. The number of hydrogen-bond donors (Lipinski definition) is 1. The average molecular weight is 180 g/mol. The van der Waals surface area contributed by atoms with E-state index in [9.17, 15) is 0 Å². The molecule has 2 N–H and O–H groups in total. The molecule has 2 rings (SSSR count). The first-order valence-electron chi connectivity index (χ1n) is 4.30. The van der Waals surface area contributed by atoms with Crippen LogP contribution in [-0.2, 0) is 4.74 Å². The molecule has 70 valence electrons. The first kappa shape index (κ1) is 8.31. The lowest BCUT2D eigenvalue weighted by Gasteiger charge is -2.12. The first-order valence-corrected chi connectivity index (χ1v) is 4.30. The van der Waals surface area contributed by atoms with E-state index in [1.54, 1.807) is 18.5 Å². The average Bonchev–Trinajstić information content (AvgIpc) is 2.61. The minimum atomic E-state index is 0.143. The fraction of sp³-hybridized carbons (Fsp3) is 0.444. The van der Waals surface area contributed by atoms with Crippen molar-refractivity contribution >= 4 is 5.69 Å². The summed E-state index contributed by atoms with van der Waals surface area (Å²) in [7, 11) is 0. The number of hydrogen-bond acceptors (Lipinski definition) is 4. The van der Waals surface area contributed by atoms with Gasteiger partial charge in [0.1, 0.15) is 11.9 Å². The lowest BCUT2D eigenvalue weighted by atomic mass is 10.3. The smallest absolute Gasteiger partial charge is 0.145 e. The number of nitrogens with zero attached hydrogens (tertiary/aromatic N) is 1. The molecule has 1 aliphatic rings. The van der Waals surface area contributed by atoms with Gasteiger partial charge in [0.2, 0.25) is 0 Å². The normalized spacial score (nSPS) is 21.7. The zero-order chi connectivity index (χ0) is 9.10. The Morgan fingerprint density at radius 1 is 1.62 bits per heavy atom. The van der Waals surface area contributed by atoms with E-state index in [-0.39, 0.29) is 6.10 Å². The van der Waals surface area contributed by atoms with Crippen molar-refractivity contribution in [1.82, 2.24) is 4.98 Å². The Morgan fingerprint density at radius 3 is 3.23 bits per heavy atom. The van der Waals surface area contributed by atoms with Crippen LogP contribution in [0, 0.1) is 0 Å². The summed E-state index contributed by atoms with van der Waals surface area (Å²) in [5.41, 5.74) is 6.25. The van der Waals surface area contributed by atoms with Crippen LogP contribution in [0.15, 0.2) is 18.5 Å². The van der Waals surface area contributed by atoms with E-state index in [0.717, 1.165) is 13.0 Å². The van der Waals surface area contributed by atoms with Crippen molar-refractivity contribution in [2.45, 2.75) is 12.5 Å². The molecule has 0 aliphatic carbocycles. The maximum atomic E-state index is 5.67. The van der Waals surface area contributed by atoms with Gasteiger partial charge in [-0.15, -0.1) is 0 Å². The molecule has 1 atom stereocenters. The highest BCUT2D eigenvalue weighted by Gasteiger charge is 2.17. The number of rotatable bonds is 2. The van der Waals surface area contributed by atoms with Crippen molar-refractivity contribution in [3.63, 3.8) is 0 Å². The lowest BCUT2D eigenvalue weighted by Crippen LogP contribution is -2.16. The molecule has 1 aromatic heterocycles. The molecule has 0 aromatic carbocycles. The maximum absolute atomic E-state index is 5.67. The highest BCUT2D eigenvalue weighted by molar-refractivity contribution is 5.49. The molecule has 1 aliphatic heterocycles. The molecule has 0 spiro atoms. The molecule has 0 amide bonds. The van der Waals surface area contributed by atoms with Crippen molar-refractivity contribution in [3.8, 4) is 5.75 Å². The maximum Gasteiger partial charge on any atom is 0.145 e. The number of nitrogen functional groups attached to an aromatic ring is 1. The molecule has 13 heavy (non-hydrogen) atoms. The predicted octanol–water partition coefficient (Wildman–Crippen LogP) is 0.832. The number of nitrogens with two attached hydrogens (primary N) is 1. The van der Waals surface area contributed by atoms with Gasteiger partial charge in [-0.25, -0.2) is 0 Å². The van der Waals surface area contributed by atoms with Crippen molar-refractivity contribution in [2.24, 2.45) is 0 Å². The fourth-order valence-corrected chi connectivity index (χ4v) is 1.29. The van der Waals surface area contributed by atoms with E-state index in [0.29, 0.717) is 18.0 Å². The summed E-state index contributed by atoms with van der Waals surface area (Å²) in [6, 6.07) is 1.77. The van der Waals surface area contributed by atoms with E-state index < -0.39 is 0 Å². The molecule has 0 saturated carbocycles. The van der Waals surface area contributed by atoms with Gasteiger partial charge in [0.15, 0.2) is 0 Å². The van der Waals surface area contributed by atoms with Crippen molar-refractivity contribution in [3.05, 3.63) is 18.5 Å². The highest BCUT2D eigenvalue weighted by Crippen LogP contribution is 2.22. The van der Waals surface area contributed by atoms with Gasteiger partial charge in [0, 0.05) is 18.7 Å². The van der Waals surface area contributed by atoms with Crippen LogP contribution in [0.3, 0.4) is 0 Å². The van der Waals surface area contributed by atoms with Crippen LogP contribution in [0.4, 0.5) is 5.69 Å². The van der Waals surface area contributed by atoms with E-state index >= 15 is 0 Å². The molecule has 1 fully saturated rings. The van der Waals surface area contributed by atoms with E-state index in [1.807, 2.05) is 0 Å². The Morgan fingerprint density at radius 2 is 2.54 bits per heavy atom. The van der Waals surface area contributed by atoms with Crippen LogP contribution < -0.4 is 10.5 Å². The Labute approximate surface area is 76.7 Å². The van der Waals surface area contributed by atoms with Crippen molar-refractivity contribution in [1.29, 1.82) is 0 Å². The van der Waals surface area contributed by atoms with Gasteiger partial charge in [0.25, 0.3) is 0 Å². The summed E-state index contributed by atoms with van der Waals surface area (Å²) in [5.74, 6) is 0.700. The number of pyridine rings is 1. The molecule has 4 nitrogen and oxygen atoms in total. The molecular weight excluding hydrogens is 168 g/mol. The number of anilines is 1. The summed E-state index contributed by atoms with van der Waals surface area (Å²) in [4.78, 5) is 3.88. The van der Waals surface area contributed by atoms with Gasteiger partial charge in [-0.05, 0) is 0 Å². The van der Waals surface area contributed by atoms with Gasteiger partial charge in [-0.2, -0.15) is 0 Å². The zero-order valence-corrected chi connectivity index (χ0v) is 7.27. The van der Waals surface area contributed by atoms with Crippen molar-refractivity contribution in [2.75, 3.05) is 18.9 Å². The summed E-state index contributed by atoms with van der Waals surface area (Å²) in [6.45, 7) is 1.43. The number of aromatic nitrogens is 1. The zero-order valence-electron chi connectivity index (χ0n) is 7.27. The van der Waals surface area contributed by atoms with Gasteiger partial charge >= 0.3 is 0 Å². The topological polar surface area (TPSA) is 57.4 Å². The molecule has 2 heterocycles. The molecule has 1 unspecified atom stereocenters. The second-order valence-corrected chi connectivity index (χ2v) is 3.02. The first-order chi connectivity index (χ1) is 6.36. The Kier molecular flexibility index (Phi) is 2.31. The summed E-state index contributed by atoms with van der Waals surface area (Å²) in [6.07, 6.45) is 4.33. The minimum Gasteiger partial charge on any atom is -0.486 e. The van der Waals surface area contributed by atoms with Gasteiger partial charge in [-0.1, -0.05) is 0 Å². The van der Waals surface area contributed by atoms with Crippen LogP contribution >= 0.6 is 0 Å². The van der Waals surface area contributed by atoms with Crippen LogP contribution in [-0.4, -0.2) is 24.3 Å². The summed E-state index contributed by atoms with van der Waals surface area (Å²) in [5, 5.41) is 0. The van der Waals surface area contributed by atoms with Crippen LogP contribution in [0.1, 0.15) is 6.42 Å². The van der Waals surface area contributed by atoms with Gasteiger partial charge < -0.3 is 15.2 Å². The van der Waals surface area contributed by atoms with E-state index in [1.165, 1.54) is 0 Å². The SMILES string of the molecule is Nc1cnccc1OC1CCOC1. The lowest BCUT2D eigenvalue weighted by molar-refractivity contribution is 0.142. The predicted molar refractivity (Wildman–Crippen MR) is 48.5 cm³/mol. The Bertz CT molecular complexity index is 285.